The van der Waals surface area contributed by atoms with Gasteiger partial charge >= 0.3 is 0 Å². The van der Waals surface area contributed by atoms with Crippen LogP contribution in [0.15, 0.2) is 0 Å². The summed E-state index contributed by atoms with van der Waals surface area (Å²) in [6.07, 6.45) is 3.95. The van der Waals surface area contributed by atoms with Crippen molar-refractivity contribution >= 4 is 0 Å². The topological polar surface area (TPSA) is 38.0 Å². The van der Waals surface area contributed by atoms with Crippen molar-refractivity contribution in [3.8, 4) is 0 Å². The summed E-state index contributed by atoms with van der Waals surface area (Å²) in [5.41, 5.74) is 2.81. The molecule has 2 heteroatoms. The molecule has 0 saturated heterocycles. The SMILES string of the molecule is C[C@@H]1CCC[C@H]1NN. The molecule has 1 aliphatic carbocycles. The van der Waals surface area contributed by atoms with Gasteiger partial charge in [-0.25, -0.2) is 0 Å². The second-order valence-electron chi connectivity index (χ2n) is 2.68. The molecule has 1 aliphatic rings. The van der Waals surface area contributed by atoms with Crippen molar-refractivity contribution in [2.75, 3.05) is 0 Å². The molecule has 2 nitrogen and oxygen atoms in total. The molecular weight excluding hydrogens is 100 g/mol. The fraction of sp³-hybridized carbons (Fsp3) is 1.00. The van der Waals surface area contributed by atoms with Crippen LogP contribution in [0.2, 0.25) is 0 Å². The van der Waals surface area contributed by atoms with Crippen LogP contribution < -0.4 is 11.3 Å². The minimum Gasteiger partial charge on any atom is -0.271 e. The van der Waals surface area contributed by atoms with Crippen LogP contribution in [0.5, 0.6) is 0 Å². The molecule has 2 atom stereocenters. The van der Waals surface area contributed by atoms with Gasteiger partial charge in [-0.2, -0.15) is 0 Å². The first-order valence-corrected chi connectivity index (χ1v) is 3.30. The minimum atomic E-state index is 0.593. The van der Waals surface area contributed by atoms with Crippen LogP contribution in [0, 0.1) is 5.92 Å². The van der Waals surface area contributed by atoms with Crippen molar-refractivity contribution in [2.24, 2.45) is 11.8 Å². The Morgan fingerprint density at radius 2 is 2.25 bits per heavy atom. The summed E-state index contributed by atoms with van der Waals surface area (Å²) in [7, 11) is 0. The molecule has 0 aromatic carbocycles. The van der Waals surface area contributed by atoms with E-state index in [1.165, 1.54) is 19.3 Å². The molecule has 0 aliphatic heterocycles. The Morgan fingerprint density at radius 1 is 1.50 bits per heavy atom. The van der Waals surface area contributed by atoms with Crippen LogP contribution >= 0.6 is 0 Å². The van der Waals surface area contributed by atoms with Crippen LogP contribution in [0.4, 0.5) is 0 Å². The lowest BCUT2D eigenvalue weighted by Crippen LogP contribution is -2.36. The molecule has 0 unspecified atom stereocenters. The standard InChI is InChI=1S/C6H14N2/c1-5-3-2-4-6(5)8-7/h5-6,8H,2-4,7H2,1H3/t5-,6-/m1/s1. The van der Waals surface area contributed by atoms with E-state index in [4.69, 9.17) is 5.84 Å². The van der Waals surface area contributed by atoms with E-state index < -0.39 is 0 Å². The maximum atomic E-state index is 5.27. The summed E-state index contributed by atoms with van der Waals surface area (Å²) >= 11 is 0. The van der Waals surface area contributed by atoms with Gasteiger partial charge < -0.3 is 0 Å². The Hall–Kier alpha value is -0.0800. The first-order valence-electron chi connectivity index (χ1n) is 3.30. The molecule has 0 aromatic rings. The second kappa shape index (κ2) is 2.46. The smallest absolute Gasteiger partial charge is 0.0236 e. The first-order chi connectivity index (χ1) is 3.84. The highest BCUT2D eigenvalue weighted by Crippen LogP contribution is 2.23. The van der Waals surface area contributed by atoms with E-state index in [-0.39, 0.29) is 0 Å². The lowest BCUT2D eigenvalue weighted by Gasteiger charge is -2.11. The quantitative estimate of drug-likeness (QED) is 0.388. The van der Waals surface area contributed by atoms with E-state index in [0.29, 0.717) is 6.04 Å². The zero-order valence-electron chi connectivity index (χ0n) is 5.35. The van der Waals surface area contributed by atoms with Crippen LogP contribution in [0.3, 0.4) is 0 Å². The molecule has 1 rings (SSSR count). The van der Waals surface area contributed by atoms with E-state index in [2.05, 4.69) is 12.3 Å². The summed E-state index contributed by atoms with van der Waals surface area (Å²) in [5.74, 6) is 6.07. The Bertz CT molecular complexity index is 72.9. The van der Waals surface area contributed by atoms with E-state index in [9.17, 15) is 0 Å². The molecule has 1 saturated carbocycles. The lowest BCUT2D eigenvalue weighted by molar-refractivity contribution is 0.437. The molecule has 1 fully saturated rings. The van der Waals surface area contributed by atoms with Crippen molar-refractivity contribution in [1.82, 2.24) is 5.43 Å². The van der Waals surface area contributed by atoms with Gasteiger partial charge in [0, 0.05) is 6.04 Å². The average molecular weight is 114 g/mol. The van der Waals surface area contributed by atoms with Crippen LogP contribution in [-0.2, 0) is 0 Å². The van der Waals surface area contributed by atoms with Gasteiger partial charge in [0.1, 0.15) is 0 Å². The summed E-state index contributed by atoms with van der Waals surface area (Å²) < 4.78 is 0. The van der Waals surface area contributed by atoms with Gasteiger partial charge in [0.25, 0.3) is 0 Å². The highest BCUT2D eigenvalue weighted by atomic mass is 15.2. The molecule has 48 valence electrons. The molecule has 3 N–H and O–H groups in total. The normalized spacial score (nSPS) is 38.2. The monoisotopic (exact) mass is 114 g/mol. The summed E-state index contributed by atoms with van der Waals surface area (Å²) in [6, 6.07) is 0.593. The Morgan fingerprint density at radius 3 is 2.50 bits per heavy atom. The first kappa shape index (κ1) is 6.05. The van der Waals surface area contributed by atoms with E-state index in [1.807, 2.05) is 0 Å². The molecule has 0 spiro atoms. The Kier molecular flexibility index (Phi) is 1.86. The van der Waals surface area contributed by atoms with E-state index >= 15 is 0 Å². The number of hydrogen-bond acceptors (Lipinski definition) is 2. The molecule has 0 radical (unpaired) electrons. The number of hydrogen-bond donors (Lipinski definition) is 2. The maximum Gasteiger partial charge on any atom is 0.0236 e. The average Bonchev–Trinajstić information content (AvgIpc) is 2.14. The van der Waals surface area contributed by atoms with Gasteiger partial charge in [-0.05, 0) is 18.8 Å². The van der Waals surface area contributed by atoms with Crippen molar-refractivity contribution in [3.05, 3.63) is 0 Å². The molecular formula is C6H14N2. The zero-order chi connectivity index (χ0) is 5.98. The van der Waals surface area contributed by atoms with Gasteiger partial charge in [0.05, 0.1) is 0 Å². The molecule has 8 heavy (non-hydrogen) atoms. The predicted octanol–water partition coefficient (Wildman–Crippen LogP) is 0.638. The Balaban J connectivity index is 2.30. The van der Waals surface area contributed by atoms with Crippen molar-refractivity contribution < 1.29 is 0 Å². The summed E-state index contributed by atoms with van der Waals surface area (Å²) in [6.45, 7) is 2.25. The Labute approximate surface area is 50.4 Å². The summed E-state index contributed by atoms with van der Waals surface area (Å²) in [4.78, 5) is 0. The number of hydrazine groups is 1. The fourth-order valence-electron chi connectivity index (χ4n) is 1.39. The van der Waals surface area contributed by atoms with Crippen LogP contribution in [0.1, 0.15) is 26.2 Å². The highest BCUT2D eigenvalue weighted by molar-refractivity contribution is 4.77. The fourth-order valence-corrected chi connectivity index (χ4v) is 1.39. The molecule has 0 aromatic heterocycles. The third kappa shape index (κ3) is 1.01. The largest absolute Gasteiger partial charge is 0.271 e. The van der Waals surface area contributed by atoms with Gasteiger partial charge in [-0.3, -0.25) is 11.3 Å². The van der Waals surface area contributed by atoms with Crippen LogP contribution in [0.25, 0.3) is 0 Å². The van der Waals surface area contributed by atoms with Crippen molar-refractivity contribution in [2.45, 2.75) is 32.2 Å². The minimum absolute atomic E-state index is 0.593. The lowest BCUT2D eigenvalue weighted by atomic mass is 10.1. The molecule has 0 amide bonds. The second-order valence-corrected chi connectivity index (χ2v) is 2.68. The van der Waals surface area contributed by atoms with Gasteiger partial charge in [-0.15, -0.1) is 0 Å². The maximum absolute atomic E-state index is 5.27. The predicted molar refractivity (Wildman–Crippen MR) is 34.1 cm³/mol. The van der Waals surface area contributed by atoms with Gasteiger partial charge in [-0.1, -0.05) is 13.3 Å². The highest BCUT2D eigenvalue weighted by Gasteiger charge is 2.20. The number of nitrogens with two attached hydrogens (primary N) is 1. The van der Waals surface area contributed by atoms with E-state index in [0.717, 1.165) is 5.92 Å². The number of rotatable bonds is 1. The summed E-state index contributed by atoms with van der Waals surface area (Å²) in [5, 5.41) is 0. The molecule has 0 bridgehead atoms. The third-order valence-electron chi connectivity index (χ3n) is 2.08. The van der Waals surface area contributed by atoms with Crippen molar-refractivity contribution in [1.29, 1.82) is 0 Å². The van der Waals surface area contributed by atoms with E-state index in [1.54, 1.807) is 0 Å². The third-order valence-corrected chi connectivity index (χ3v) is 2.08. The van der Waals surface area contributed by atoms with Gasteiger partial charge in [0.15, 0.2) is 0 Å². The van der Waals surface area contributed by atoms with Gasteiger partial charge in [0.2, 0.25) is 0 Å². The van der Waals surface area contributed by atoms with Crippen LogP contribution in [-0.4, -0.2) is 6.04 Å². The zero-order valence-corrected chi connectivity index (χ0v) is 5.35. The van der Waals surface area contributed by atoms with Crippen molar-refractivity contribution in [3.63, 3.8) is 0 Å². The molecule has 0 heterocycles. The number of nitrogens with one attached hydrogen (secondary N) is 1.